The van der Waals surface area contributed by atoms with Gasteiger partial charge in [-0.3, -0.25) is 9.89 Å². The molecule has 0 saturated heterocycles. The zero-order valence-corrected chi connectivity index (χ0v) is 19.3. The molecule has 0 saturated carbocycles. The Morgan fingerprint density at radius 2 is 1.75 bits per heavy atom. The topological polar surface area (TPSA) is 45.1 Å². The van der Waals surface area contributed by atoms with E-state index in [9.17, 15) is 4.79 Å². The van der Waals surface area contributed by atoms with E-state index in [0.29, 0.717) is 0 Å². The van der Waals surface area contributed by atoms with Crippen LogP contribution in [-0.2, 0) is 11.2 Å². The predicted octanol–water partition coefficient (Wildman–Crippen LogP) is 6.25. The third kappa shape index (κ3) is 4.93. The van der Waals surface area contributed by atoms with Gasteiger partial charge in [-0.05, 0) is 74.9 Å². The van der Waals surface area contributed by atoms with Crippen LogP contribution >= 0.6 is 0 Å². The molecule has 2 aromatic rings. The Bertz CT molecular complexity index is 1080. The molecular formula is C27H31N3O2. The van der Waals surface area contributed by atoms with Gasteiger partial charge < -0.3 is 9.64 Å². The summed E-state index contributed by atoms with van der Waals surface area (Å²) in [5.41, 5.74) is 6.00. The van der Waals surface area contributed by atoms with E-state index in [0.717, 1.165) is 48.3 Å². The van der Waals surface area contributed by atoms with Crippen LogP contribution in [0.25, 0.3) is 0 Å². The van der Waals surface area contributed by atoms with E-state index in [2.05, 4.69) is 40.4 Å². The van der Waals surface area contributed by atoms with Crippen molar-refractivity contribution in [3.63, 3.8) is 0 Å². The molecule has 0 N–H and O–H groups in total. The molecule has 4 rings (SSSR count). The lowest BCUT2D eigenvalue weighted by molar-refractivity contribution is 0.0357. The lowest BCUT2D eigenvalue weighted by Gasteiger charge is -2.27. The molecule has 32 heavy (non-hydrogen) atoms. The lowest BCUT2D eigenvalue weighted by atomic mass is 10.1. The number of ether oxygens (including phenoxy) is 1. The van der Waals surface area contributed by atoms with E-state index in [4.69, 9.17) is 4.74 Å². The predicted molar refractivity (Wildman–Crippen MR) is 130 cm³/mol. The Kier molecular flexibility index (Phi) is 6.17. The molecule has 5 heteroatoms. The molecule has 5 nitrogen and oxygen atoms in total. The molecule has 0 atom stereocenters. The normalized spacial score (nSPS) is 17.4. The van der Waals surface area contributed by atoms with Gasteiger partial charge in [-0.15, -0.1) is 0 Å². The van der Waals surface area contributed by atoms with Crippen LogP contribution in [0.1, 0.15) is 39.2 Å². The van der Waals surface area contributed by atoms with Crippen molar-refractivity contribution >= 4 is 23.7 Å². The van der Waals surface area contributed by atoms with E-state index >= 15 is 0 Å². The quantitative estimate of drug-likeness (QED) is 0.540. The molecule has 0 unspecified atom stereocenters. The summed E-state index contributed by atoms with van der Waals surface area (Å²) in [5.74, 6) is 0. The largest absolute Gasteiger partial charge is 0.443 e. The summed E-state index contributed by atoms with van der Waals surface area (Å²) in [6.45, 7) is 6.60. The highest BCUT2D eigenvalue weighted by molar-refractivity contribution is 5.86. The number of anilines is 1. The van der Waals surface area contributed by atoms with Crippen LogP contribution in [0.4, 0.5) is 16.2 Å². The lowest BCUT2D eigenvalue weighted by Crippen LogP contribution is -2.34. The molecule has 1 amide bonds. The van der Waals surface area contributed by atoms with Crippen molar-refractivity contribution in [1.82, 2.24) is 4.90 Å². The second kappa shape index (κ2) is 9.03. The van der Waals surface area contributed by atoms with Crippen LogP contribution in [0.3, 0.4) is 0 Å². The van der Waals surface area contributed by atoms with E-state index in [-0.39, 0.29) is 6.09 Å². The van der Waals surface area contributed by atoms with Gasteiger partial charge in [-0.25, -0.2) is 4.79 Å². The van der Waals surface area contributed by atoms with Gasteiger partial charge in [0.15, 0.2) is 0 Å². The van der Waals surface area contributed by atoms with Crippen LogP contribution in [0.15, 0.2) is 82.6 Å². The molecule has 1 aliphatic heterocycles. The van der Waals surface area contributed by atoms with E-state index in [1.54, 1.807) is 11.9 Å². The maximum absolute atomic E-state index is 12.9. The molecule has 0 fully saturated rings. The molecule has 2 aromatic carbocycles. The highest BCUT2D eigenvalue weighted by atomic mass is 16.6. The number of benzene rings is 2. The summed E-state index contributed by atoms with van der Waals surface area (Å²) in [6.07, 6.45) is 6.46. The van der Waals surface area contributed by atoms with Crippen molar-refractivity contribution in [3.05, 3.63) is 83.2 Å². The SMILES string of the molecule is CN(C(=O)OC(C)(C)C)C1=C(/C=N/c2ccccc2)CC/C1=C\N1CCc2ccccc21. The number of amides is 1. The fourth-order valence-corrected chi connectivity index (χ4v) is 4.17. The van der Waals surface area contributed by atoms with Crippen LogP contribution < -0.4 is 4.90 Å². The number of aliphatic imine (C=N–C) groups is 1. The third-order valence-corrected chi connectivity index (χ3v) is 5.64. The Morgan fingerprint density at radius 3 is 2.50 bits per heavy atom. The number of carbonyl (C=O) groups is 1. The van der Waals surface area contributed by atoms with Gasteiger partial charge in [-0.1, -0.05) is 36.4 Å². The van der Waals surface area contributed by atoms with Crippen molar-refractivity contribution in [2.45, 2.75) is 45.6 Å². The Morgan fingerprint density at radius 1 is 1.03 bits per heavy atom. The first kappa shape index (κ1) is 21.9. The smallest absolute Gasteiger partial charge is 0.414 e. The van der Waals surface area contributed by atoms with Gasteiger partial charge in [-0.2, -0.15) is 0 Å². The summed E-state index contributed by atoms with van der Waals surface area (Å²) >= 11 is 0. The van der Waals surface area contributed by atoms with Gasteiger partial charge in [0.2, 0.25) is 0 Å². The molecule has 0 spiro atoms. The van der Waals surface area contributed by atoms with Crippen LogP contribution in [0.5, 0.6) is 0 Å². The number of hydrogen-bond acceptors (Lipinski definition) is 4. The molecule has 0 aromatic heterocycles. The average molecular weight is 430 g/mol. The second-order valence-corrected chi connectivity index (χ2v) is 9.23. The van der Waals surface area contributed by atoms with Crippen LogP contribution in [-0.4, -0.2) is 36.4 Å². The van der Waals surface area contributed by atoms with Crippen molar-refractivity contribution in [2.24, 2.45) is 4.99 Å². The number of carbonyl (C=O) groups excluding carboxylic acids is 1. The van der Waals surface area contributed by atoms with Gasteiger partial charge in [0.25, 0.3) is 0 Å². The molecular weight excluding hydrogens is 398 g/mol. The molecule has 166 valence electrons. The minimum atomic E-state index is -0.555. The first-order valence-electron chi connectivity index (χ1n) is 11.2. The maximum atomic E-state index is 12.9. The summed E-state index contributed by atoms with van der Waals surface area (Å²) < 4.78 is 5.67. The zero-order valence-electron chi connectivity index (χ0n) is 19.3. The Balaban J connectivity index is 1.69. The molecule has 0 radical (unpaired) electrons. The van der Waals surface area contributed by atoms with E-state index in [1.807, 2.05) is 57.3 Å². The van der Waals surface area contributed by atoms with Crippen LogP contribution in [0, 0.1) is 0 Å². The van der Waals surface area contributed by atoms with E-state index in [1.165, 1.54) is 11.3 Å². The first-order valence-corrected chi connectivity index (χ1v) is 11.2. The average Bonchev–Trinajstić information content (AvgIpc) is 3.36. The molecule has 0 bridgehead atoms. The Labute approximate surface area is 190 Å². The summed E-state index contributed by atoms with van der Waals surface area (Å²) in [5, 5.41) is 0. The van der Waals surface area contributed by atoms with E-state index < -0.39 is 5.60 Å². The number of rotatable bonds is 4. The highest BCUT2D eigenvalue weighted by Gasteiger charge is 2.30. The van der Waals surface area contributed by atoms with Gasteiger partial charge in [0, 0.05) is 31.7 Å². The van der Waals surface area contributed by atoms with Gasteiger partial charge >= 0.3 is 6.09 Å². The minimum absolute atomic E-state index is 0.354. The van der Waals surface area contributed by atoms with Crippen molar-refractivity contribution in [2.75, 3.05) is 18.5 Å². The number of allylic oxidation sites excluding steroid dienone is 2. The minimum Gasteiger partial charge on any atom is -0.443 e. The number of likely N-dealkylation sites (N-methyl/N-ethyl adjacent to an activating group) is 1. The number of fused-ring (bicyclic) bond motifs is 1. The fraction of sp³-hybridized carbons (Fsp3) is 0.333. The standard InChI is InChI=1S/C27H31N3O2/c1-27(2,3)32-26(31)29(4)25-21(18-28-23-11-6-5-7-12-23)14-15-22(25)19-30-17-16-20-10-8-9-13-24(20)30/h5-13,18-19H,14-17H2,1-4H3/b22-19+,28-18+. The summed E-state index contributed by atoms with van der Waals surface area (Å²) in [7, 11) is 1.79. The van der Waals surface area contributed by atoms with Gasteiger partial charge in [0.05, 0.1) is 11.4 Å². The number of para-hydroxylation sites is 2. The number of nitrogens with zero attached hydrogens (tertiary/aromatic N) is 3. The zero-order chi connectivity index (χ0) is 22.7. The first-order chi connectivity index (χ1) is 15.3. The highest BCUT2D eigenvalue weighted by Crippen LogP contribution is 2.36. The summed E-state index contributed by atoms with van der Waals surface area (Å²) in [4.78, 5) is 21.5. The van der Waals surface area contributed by atoms with Gasteiger partial charge in [0.1, 0.15) is 5.60 Å². The monoisotopic (exact) mass is 429 g/mol. The van der Waals surface area contributed by atoms with Crippen molar-refractivity contribution in [3.8, 4) is 0 Å². The molecule has 1 aliphatic carbocycles. The maximum Gasteiger partial charge on any atom is 0.414 e. The van der Waals surface area contributed by atoms with Crippen LogP contribution in [0.2, 0.25) is 0 Å². The number of hydrogen-bond donors (Lipinski definition) is 0. The fourth-order valence-electron chi connectivity index (χ4n) is 4.17. The summed E-state index contributed by atoms with van der Waals surface area (Å²) in [6, 6.07) is 18.4. The van der Waals surface area contributed by atoms with Crippen molar-refractivity contribution < 1.29 is 9.53 Å². The second-order valence-electron chi connectivity index (χ2n) is 9.23. The molecule has 2 aliphatic rings. The van der Waals surface area contributed by atoms with Crippen molar-refractivity contribution in [1.29, 1.82) is 0 Å². The third-order valence-electron chi connectivity index (χ3n) is 5.64. The Hall–Kier alpha value is -3.34. The molecule has 1 heterocycles.